The van der Waals surface area contributed by atoms with Crippen LogP contribution in [0.25, 0.3) is 0 Å². The number of carbonyl (C=O) groups excluding carboxylic acids is 3. The van der Waals surface area contributed by atoms with Crippen molar-refractivity contribution in [1.29, 1.82) is 0 Å². The molecule has 0 spiro atoms. The number of carbonyl (C=O) groups is 3. The Morgan fingerprint density at radius 3 is 1.78 bits per heavy atom. The van der Waals surface area contributed by atoms with Crippen LogP contribution in [0.4, 0.5) is 20.1 Å². The minimum atomic E-state index is -0.812. The Morgan fingerprint density at radius 1 is 0.833 bits per heavy atom. The van der Waals surface area contributed by atoms with Crippen molar-refractivity contribution in [3.05, 3.63) is 29.3 Å². The van der Waals surface area contributed by atoms with E-state index >= 15 is 0 Å². The third kappa shape index (κ3) is 12.4. The highest BCUT2D eigenvalue weighted by Gasteiger charge is 2.31. The molecule has 3 amide bonds. The highest BCUT2D eigenvalue weighted by molar-refractivity contribution is 6.02. The SMILES string of the molecule is CCN=C(NC(=O)OC(C)(C)C)Nc1cc(C)cc(CN(C(=O)OC(C)(C)C)C(=O)OC(C)(C)C)c1. The van der Waals surface area contributed by atoms with E-state index < -0.39 is 35.1 Å². The van der Waals surface area contributed by atoms with E-state index in [4.69, 9.17) is 14.2 Å². The number of aryl methyl sites for hydroxylation is 1. The first-order valence-corrected chi connectivity index (χ1v) is 11.9. The molecule has 0 atom stereocenters. The second kappa shape index (κ2) is 12.1. The molecule has 36 heavy (non-hydrogen) atoms. The Balaban J connectivity index is 3.21. The normalized spacial score (nSPS) is 12.5. The van der Waals surface area contributed by atoms with E-state index in [0.29, 0.717) is 17.8 Å². The molecule has 2 N–H and O–H groups in total. The Kier molecular flexibility index (Phi) is 10.3. The summed E-state index contributed by atoms with van der Waals surface area (Å²) < 4.78 is 16.2. The number of imide groups is 1. The van der Waals surface area contributed by atoms with Crippen LogP contribution >= 0.6 is 0 Å². The molecule has 10 heteroatoms. The molecule has 0 aromatic heterocycles. The highest BCUT2D eigenvalue weighted by Crippen LogP contribution is 2.20. The van der Waals surface area contributed by atoms with Crippen molar-refractivity contribution in [2.45, 2.75) is 99.5 Å². The highest BCUT2D eigenvalue weighted by atomic mass is 16.6. The second-order valence-corrected chi connectivity index (χ2v) is 11.3. The van der Waals surface area contributed by atoms with Gasteiger partial charge in [0.15, 0.2) is 0 Å². The first-order chi connectivity index (χ1) is 16.3. The number of amides is 3. The number of alkyl carbamates (subject to hydrolysis) is 1. The Hall–Kier alpha value is -3.30. The Bertz CT molecular complexity index is 940. The van der Waals surface area contributed by atoms with E-state index in [1.807, 2.05) is 26.0 Å². The van der Waals surface area contributed by atoms with Gasteiger partial charge in [0.2, 0.25) is 5.96 Å². The van der Waals surface area contributed by atoms with Crippen molar-refractivity contribution in [2.75, 3.05) is 11.9 Å². The Labute approximate surface area is 214 Å². The van der Waals surface area contributed by atoms with Gasteiger partial charge >= 0.3 is 18.3 Å². The molecule has 1 rings (SSSR count). The number of hydrogen-bond donors (Lipinski definition) is 2. The van der Waals surface area contributed by atoms with Crippen LogP contribution in [0.5, 0.6) is 0 Å². The van der Waals surface area contributed by atoms with Gasteiger partial charge < -0.3 is 19.5 Å². The number of benzene rings is 1. The van der Waals surface area contributed by atoms with Crippen LogP contribution in [0.1, 0.15) is 80.4 Å². The van der Waals surface area contributed by atoms with Crippen LogP contribution in [0.15, 0.2) is 23.2 Å². The summed E-state index contributed by atoms with van der Waals surface area (Å²) in [7, 11) is 0. The molecule has 1 aromatic carbocycles. The van der Waals surface area contributed by atoms with Gasteiger partial charge in [0, 0.05) is 12.2 Å². The molecular weight excluding hydrogens is 464 g/mol. The first-order valence-electron chi connectivity index (χ1n) is 11.9. The maximum atomic E-state index is 12.9. The fourth-order valence-electron chi connectivity index (χ4n) is 2.85. The van der Waals surface area contributed by atoms with Gasteiger partial charge in [0.1, 0.15) is 16.8 Å². The molecule has 202 valence electrons. The molecule has 10 nitrogen and oxygen atoms in total. The van der Waals surface area contributed by atoms with Gasteiger partial charge in [-0.3, -0.25) is 10.3 Å². The van der Waals surface area contributed by atoms with E-state index in [1.165, 1.54) is 0 Å². The smallest absolute Gasteiger partial charge is 0.420 e. The Morgan fingerprint density at radius 2 is 1.33 bits per heavy atom. The van der Waals surface area contributed by atoms with Gasteiger partial charge in [-0.25, -0.2) is 19.3 Å². The zero-order chi connectivity index (χ0) is 27.9. The number of anilines is 1. The molecule has 0 aliphatic carbocycles. The van der Waals surface area contributed by atoms with Crippen molar-refractivity contribution in [3.8, 4) is 0 Å². The molecule has 0 radical (unpaired) electrons. The second-order valence-electron chi connectivity index (χ2n) is 11.3. The molecule has 0 fully saturated rings. The van der Waals surface area contributed by atoms with Crippen LogP contribution in [0, 0.1) is 6.92 Å². The predicted octanol–water partition coefficient (Wildman–Crippen LogP) is 5.98. The maximum absolute atomic E-state index is 12.9. The molecule has 0 heterocycles. The zero-order valence-corrected chi connectivity index (χ0v) is 23.5. The summed E-state index contributed by atoms with van der Waals surface area (Å²) in [5.41, 5.74) is -0.157. The third-order valence-corrected chi connectivity index (χ3v) is 3.90. The first kappa shape index (κ1) is 30.7. The maximum Gasteiger partial charge on any atom is 0.420 e. The summed E-state index contributed by atoms with van der Waals surface area (Å²) >= 11 is 0. The summed E-state index contributed by atoms with van der Waals surface area (Å²) in [5.74, 6) is 0.208. The molecule has 0 saturated carbocycles. The molecule has 0 aliphatic heterocycles. The lowest BCUT2D eigenvalue weighted by atomic mass is 10.1. The third-order valence-electron chi connectivity index (χ3n) is 3.90. The van der Waals surface area contributed by atoms with E-state index in [1.54, 1.807) is 68.4 Å². The van der Waals surface area contributed by atoms with Gasteiger partial charge in [-0.15, -0.1) is 0 Å². The van der Waals surface area contributed by atoms with Gasteiger partial charge in [-0.1, -0.05) is 6.07 Å². The van der Waals surface area contributed by atoms with Crippen LogP contribution in [0.2, 0.25) is 0 Å². The molecule has 0 aliphatic rings. The van der Waals surface area contributed by atoms with Crippen LogP contribution in [-0.2, 0) is 20.8 Å². The average Bonchev–Trinajstić information content (AvgIpc) is 2.61. The lowest BCUT2D eigenvalue weighted by molar-refractivity contribution is -0.000301. The van der Waals surface area contributed by atoms with Crippen molar-refractivity contribution < 1.29 is 28.6 Å². The standard InChI is InChI=1S/C26H42N4O6/c1-12-27-20(29-21(31)34-24(3,4)5)28-19-14-17(2)13-18(15-19)16-30(22(32)35-25(6,7)8)23(33)36-26(9,10)11/h13-15H,12,16H2,1-11H3,(H2,27,28,29,31). The molecule has 0 bridgehead atoms. The predicted molar refractivity (Wildman–Crippen MR) is 140 cm³/mol. The number of guanidine groups is 1. The minimum absolute atomic E-state index is 0.0834. The van der Waals surface area contributed by atoms with Crippen molar-refractivity contribution in [2.24, 2.45) is 4.99 Å². The van der Waals surface area contributed by atoms with Gasteiger partial charge in [-0.05, 0) is 99.4 Å². The largest absolute Gasteiger partial charge is 0.444 e. The van der Waals surface area contributed by atoms with E-state index in [9.17, 15) is 14.4 Å². The minimum Gasteiger partial charge on any atom is -0.444 e. The summed E-state index contributed by atoms with van der Waals surface area (Å²) in [6.07, 6.45) is -2.27. The fourth-order valence-corrected chi connectivity index (χ4v) is 2.85. The monoisotopic (exact) mass is 506 g/mol. The van der Waals surface area contributed by atoms with E-state index in [2.05, 4.69) is 15.6 Å². The van der Waals surface area contributed by atoms with E-state index in [-0.39, 0.29) is 12.5 Å². The number of ether oxygens (including phenoxy) is 3. The summed E-state index contributed by atoms with van der Waals surface area (Å²) in [6, 6.07) is 5.43. The van der Waals surface area contributed by atoms with Crippen LogP contribution in [-0.4, -0.2) is 52.5 Å². The molecule has 0 saturated heterocycles. The lowest BCUT2D eigenvalue weighted by Crippen LogP contribution is -2.43. The summed E-state index contributed by atoms with van der Waals surface area (Å²) in [5, 5.41) is 5.68. The van der Waals surface area contributed by atoms with Crippen molar-refractivity contribution in [3.63, 3.8) is 0 Å². The topological polar surface area (TPSA) is 119 Å². The van der Waals surface area contributed by atoms with E-state index in [0.717, 1.165) is 10.5 Å². The van der Waals surface area contributed by atoms with Gasteiger partial charge in [0.05, 0.1) is 6.54 Å². The number of aliphatic imine (C=N–C) groups is 1. The number of rotatable bonds is 4. The average molecular weight is 507 g/mol. The van der Waals surface area contributed by atoms with Gasteiger partial charge in [-0.2, -0.15) is 0 Å². The van der Waals surface area contributed by atoms with Crippen molar-refractivity contribution >= 4 is 29.9 Å². The number of nitrogens with zero attached hydrogens (tertiary/aromatic N) is 2. The van der Waals surface area contributed by atoms with Crippen molar-refractivity contribution in [1.82, 2.24) is 10.2 Å². The fraction of sp³-hybridized carbons (Fsp3) is 0.615. The molecular formula is C26H42N4O6. The lowest BCUT2D eigenvalue weighted by Gasteiger charge is -2.28. The number of nitrogens with one attached hydrogen (secondary N) is 2. The zero-order valence-electron chi connectivity index (χ0n) is 23.5. The molecule has 0 unspecified atom stereocenters. The quantitative estimate of drug-likeness (QED) is 0.293. The summed E-state index contributed by atoms with van der Waals surface area (Å²) in [6.45, 7) is 19.7. The molecule has 1 aromatic rings. The van der Waals surface area contributed by atoms with Crippen LogP contribution < -0.4 is 10.6 Å². The number of hydrogen-bond acceptors (Lipinski definition) is 7. The van der Waals surface area contributed by atoms with Gasteiger partial charge in [0.25, 0.3) is 0 Å². The van der Waals surface area contributed by atoms with Crippen LogP contribution in [0.3, 0.4) is 0 Å². The summed E-state index contributed by atoms with van der Waals surface area (Å²) in [4.78, 5) is 43.2.